The van der Waals surface area contributed by atoms with E-state index in [1.807, 2.05) is 0 Å². The normalized spacial score (nSPS) is 15.0. The third kappa shape index (κ3) is 3.85. The first kappa shape index (κ1) is 14.2. The number of benzene rings is 1. The molecule has 1 heteroatoms. The van der Waals surface area contributed by atoms with Crippen molar-refractivity contribution >= 4 is 0 Å². The maximum atomic E-state index is 3.47. The fourth-order valence-corrected chi connectivity index (χ4v) is 2.20. The average molecular weight is 233 g/mol. The Morgan fingerprint density at radius 3 is 2.18 bits per heavy atom. The van der Waals surface area contributed by atoms with Gasteiger partial charge in [0.15, 0.2) is 0 Å². The largest absolute Gasteiger partial charge is 0.316 e. The second kappa shape index (κ2) is 6.20. The van der Waals surface area contributed by atoms with E-state index < -0.39 is 0 Å². The van der Waals surface area contributed by atoms with Crippen molar-refractivity contribution in [2.24, 2.45) is 11.8 Å². The van der Waals surface area contributed by atoms with Crippen molar-refractivity contribution in [1.82, 2.24) is 5.32 Å². The van der Waals surface area contributed by atoms with E-state index in [4.69, 9.17) is 0 Å². The lowest BCUT2D eigenvalue weighted by atomic mass is 9.86. The maximum Gasteiger partial charge on any atom is 0.0132 e. The zero-order valence-corrected chi connectivity index (χ0v) is 12.2. The van der Waals surface area contributed by atoms with Crippen molar-refractivity contribution in [2.45, 2.75) is 47.1 Å². The highest BCUT2D eigenvalue weighted by Gasteiger charge is 2.18. The Bertz CT molecular complexity index is 355. The molecule has 2 unspecified atom stereocenters. The topological polar surface area (TPSA) is 12.0 Å². The van der Waals surface area contributed by atoms with Crippen LogP contribution in [0.4, 0.5) is 0 Å². The molecule has 0 fully saturated rings. The number of hydrogen-bond acceptors (Lipinski definition) is 1. The van der Waals surface area contributed by atoms with E-state index in [0.717, 1.165) is 12.3 Å². The van der Waals surface area contributed by atoms with Gasteiger partial charge in [0.2, 0.25) is 0 Å². The minimum absolute atomic E-state index is 0.567. The SMILES string of the molecule is CNC(Cc1ccc(C)c(C)c1)C(C)C(C)C. The van der Waals surface area contributed by atoms with Crippen molar-refractivity contribution in [3.8, 4) is 0 Å². The van der Waals surface area contributed by atoms with Crippen molar-refractivity contribution in [3.63, 3.8) is 0 Å². The molecule has 96 valence electrons. The molecule has 1 rings (SSSR count). The molecule has 2 atom stereocenters. The summed E-state index contributed by atoms with van der Waals surface area (Å²) < 4.78 is 0. The molecule has 0 aliphatic carbocycles. The summed E-state index contributed by atoms with van der Waals surface area (Å²) in [5.41, 5.74) is 4.22. The Balaban J connectivity index is 2.77. The zero-order valence-electron chi connectivity index (χ0n) is 12.2. The molecular weight excluding hydrogens is 206 g/mol. The van der Waals surface area contributed by atoms with Crippen LogP contribution in [-0.4, -0.2) is 13.1 Å². The lowest BCUT2D eigenvalue weighted by Crippen LogP contribution is -2.36. The molecule has 1 aromatic carbocycles. The number of hydrogen-bond donors (Lipinski definition) is 1. The summed E-state index contributed by atoms with van der Waals surface area (Å²) in [5.74, 6) is 1.42. The van der Waals surface area contributed by atoms with Gasteiger partial charge in [0, 0.05) is 6.04 Å². The minimum Gasteiger partial charge on any atom is -0.316 e. The van der Waals surface area contributed by atoms with Gasteiger partial charge in [0.1, 0.15) is 0 Å². The molecule has 0 amide bonds. The molecule has 0 bridgehead atoms. The number of likely N-dealkylation sites (N-methyl/N-ethyl adjacent to an activating group) is 1. The minimum atomic E-state index is 0.567. The van der Waals surface area contributed by atoms with E-state index >= 15 is 0 Å². The van der Waals surface area contributed by atoms with Gasteiger partial charge >= 0.3 is 0 Å². The average Bonchev–Trinajstić information content (AvgIpc) is 2.29. The van der Waals surface area contributed by atoms with Crippen molar-refractivity contribution in [2.75, 3.05) is 7.05 Å². The monoisotopic (exact) mass is 233 g/mol. The summed E-state index contributed by atoms with van der Waals surface area (Å²) in [6, 6.07) is 7.39. The Labute approximate surface area is 107 Å². The summed E-state index contributed by atoms with van der Waals surface area (Å²) in [7, 11) is 2.07. The van der Waals surface area contributed by atoms with Gasteiger partial charge in [-0.25, -0.2) is 0 Å². The van der Waals surface area contributed by atoms with E-state index in [9.17, 15) is 0 Å². The molecule has 0 radical (unpaired) electrons. The van der Waals surface area contributed by atoms with Gasteiger partial charge in [0.25, 0.3) is 0 Å². The van der Waals surface area contributed by atoms with Crippen LogP contribution in [0.1, 0.15) is 37.5 Å². The van der Waals surface area contributed by atoms with Crippen molar-refractivity contribution < 1.29 is 0 Å². The molecule has 0 saturated carbocycles. The molecule has 0 heterocycles. The fourth-order valence-electron chi connectivity index (χ4n) is 2.20. The van der Waals surface area contributed by atoms with Gasteiger partial charge in [-0.2, -0.15) is 0 Å². The molecule has 0 spiro atoms. The first-order valence-electron chi connectivity index (χ1n) is 6.69. The Morgan fingerprint density at radius 1 is 1.06 bits per heavy atom. The lowest BCUT2D eigenvalue weighted by molar-refractivity contribution is 0.310. The van der Waals surface area contributed by atoms with Gasteiger partial charge in [-0.1, -0.05) is 39.0 Å². The standard InChI is InChI=1S/C16H27N/c1-11(2)14(5)16(17-6)10-15-8-7-12(3)13(4)9-15/h7-9,11,14,16-17H,10H2,1-6H3. The van der Waals surface area contributed by atoms with Gasteiger partial charge in [-0.05, 0) is 55.8 Å². The predicted octanol–water partition coefficient (Wildman–Crippen LogP) is 3.73. The van der Waals surface area contributed by atoms with Gasteiger partial charge in [0.05, 0.1) is 0 Å². The molecular formula is C16H27N. The second-order valence-electron chi connectivity index (χ2n) is 5.62. The third-order valence-corrected chi connectivity index (χ3v) is 4.08. The zero-order chi connectivity index (χ0) is 13.0. The van der Waals surface area contributed by atoms with Crippen LogP contribution in [0, 0.1) is 25.7 Å². The summed E-state index contributed by atoms with van der Waals surface area (Å²) in [5, 5.41) is 3.47. The van der Waals surface area contributed by atoms with Gasteiger partial charge < -0.3 is 5.32 Å². The van der Waals surface area contributed by atoms with E-state index in [1.54, 1.807) is 0 Å². The van der Waals surface area contributed by atoms with E-state index in [-0.39, 0.29) is 0 Å². The number of aryl methyl sites for hydroxylation is 2. The highest BCUT2D eigenvalue weighted by molar-refractivity contribution is 5.30. The van der Waals surface area contributed by atoms with Crippen molar-refractivity contribution in [1.29, 1.82) is 0 Å². The molecule has 0 aromatic heterocycles. The molecule has 1 aromatic rings. The van der Waals surface area contributed by atoms with Crippen LogP contribution < -0.4 is 5.32 Å². The lowest BCUT2D eigenvalue weighted by Gasteiger charge is -2.27. The quantitative estimate of drug-likeness (QED) is 0.817. The highest BCUT2D eigenvalue weighted by atomic mass is 14.9. The Morgan fingerprint density at radius 2 is 1.71 bits per heavy atom. The van der Waals surface area contributed by atoms with Crippen LogP contribution in [0.2, 0.25) is 0 Å². The third-order valence-electron chi connectivity index (χ3n) is 4.08. The number of nitrogens with one attached hydrogen (secondary N) is 1. The van der Waals surface area contributed by atoms with Crippen LogP contribution in [0.25, 0.3) is 0 Å². The van der Waals surface area contributed by atoms with Gasteiger partial charge in [-0.3, -0.25) is 0 Å². The van der Waals surface area contributed by atoms with Crippen LogP contribution in [0.3, 0.4) is 0 Å². The van der Waals surface area contributed by atoms with E-state index in [1.165, 1.54) is 16.7 Å². The van der Waals surface area contributed by atoms with E-state index in [2.05, 4.69) is 65.2 Å². The predicted molar refractivity (Wildman–Crippen MR) is 76.5 cm³/mol. The smallest absolute Gasteiger partial charge is 0.0132 e. The van der Waals surface area contributed by atoms with Crippen molar-refractivity contribution in [3.05, 3.63) is 34.9 Å². The van der Waals surface area contributed by atoms with Crippen LogP contribution in [0.15, 0.2) is 18.2 Å². The van der Waals surface area contributed by atoms with Crippen LogP contribution in [0.5, 0.6) is 0 Å². The van der Waals surface area contributed by atoms with Gasteiger partial charge in [-0.15, -0.1) is 0 Å². The molecule has 0 aliphatic rings. The molecule has 1 N–H and O–H groups in total. The first-order valence-corrected chi connectivity index (χ1v) is 6.69. The summed E-state index contributed by atoms with van der Waals surface area (Å²) in [4.78, 5) is 0. The summed E-state index contributed by atoms with van der Waals surface area (Å²) >= 11 is 0. The van der Waals surface area contributed by atoms with Crippen LogP contribution in [-0.2, 0) is 6.42 Å². The summed E-state index contributed by atoms with van der Waals surface area (Å²) in [6.07, 6.45) is 1.12. The van der Waals surface area contributed by atoms with E-state index in [0.29, 0.717) is 12.0 Å². The maximum absolute atomic E-state index is 3.47. The highest BCUT2D eigenvalue weighted by Crippen LogP contribution is 2.19. The second-order valence-corrected chi connectivity index (χ2v) is 5.62. The first-order chi connectivity index (χ1) is 7.95. The Kier molecular flexibility index (Phi) is 5.20. The molecule has 17 heavy (non-hydrogen) atoms. The summed E-state index contributed by atoms with van der Waals surface area (Å²) in [6.45, 7) is 11.3. The molecule has 0 aliphatic heterocycles. The Hall–Kier alpha value is -0.820. The van der Waals surface area contributed by atoms with Crippen LogP contribution >= 0.6 is 0 Å². The number of rotatable bonds is 5. The molecule has 1 nitrogen and oxygen atoms in total. The fraction of sp³-hybridized carbons (Fsp3) is 0.625. The molecule has 0 saturated heterocycles.